The lowest BCUT2D eigenvalue weighted by molar-refractivity contribution is -0.122. The van der Waals surface area contributed by atoms with E-state index in [1.54, 1.807) is 6.20 Å². The summed E-state index contributed by atoms with van der Waals surface area (Å²) >= 11 is 0. The van der Waals surface area contributed by atoms with Crippen LogP contribution in [0.1, 0.15) is 32.1 Å². The molecule has 2 heterocycles. The number of hydrogen-bond acceptors (Lipinski definition) is 3. The largest absolute Gasteiger partial charge is 0.274 e. The molecule has 0 unspecified atom stereocenters. The van der Waals surface area contributed by atoms with Crippen molar-refractivity contribution in [2.24, 2.45) is 11.8 Å². The van der Waals surface area contributed by atoms with Crippen LogP contribution < -0.4 is 4.90 Å². The highest BCUT2D eigenvalue weighted by Gasteiger charge is 2.48. The van der Waals surface area contributed by atoms with E-state index in [-0.39, 0.29) is 23.7 Å². The van der Waals surface area contributed by atoms with E-state index < -0.39 is 0 Å². The van der Waals surface area contributed by atoms with Gasteiger partial charge in [0.2, 0.25) is 11.8 Å². The number of amides is 2. The quantitative estimate of drug-likeness (QED) is 0.758. The molecule has 112 valence electrons. The molecule has 2 atom stereocenters. The Morgan fingerprint density at radius 1 is 0.909 bits per heavy atom. The Morgan fingerprint density at radius 3 is 2.32 bits per heavy atom. The molecule has 1 saturated carbocycles. The number of carbonyl (C=O) groups is 2. The van der Waals surface area contributed by atoms with Crippen molar-refractivity contribution in [3.63, 3.8) is 0 Å². The molecular weight excluding hydrogens is 276 g/mol. The molecule has 1 aromatic heterocycles. The number of rotatable bonds is 1. The van der Waals surface area contributed by atoms with Crippen molar-refractivity contribution >= 4 is 28.4 Å². The molecule has 0 spiro atoms. The van der Waals surface area contributed by atoms with Crippen molar-refractivity contribution < 1.29 is 9.59 Å². The molecule has 0 bridgehead atoms. The smallest absolute Gasteiger partial charge is 0.237 e. The zero-order chi connectivity index (χ0) is 15.1. The molecular formula is C18H18N2O2. The van der Waals surface area contributed by atoms with E-state index in [0.717, 1.165) is 43.0 Å². The summed E-state index contributed by atoms with van der Waals surface area (Å²) in [4.78, 5) is 31.4. The van der Waals surface area contributed by atoms with Crippen molar-refractivity contribution in [3.05, 3.63) is 36.5 Å². The number of fused-ring (bicyclic) bond motifs is 2. The molecule has 2 amide bonds. The van der Waals surface area contributed by atoms with E-state index in [1.807, 2.05) is 30.3 Å². The van der Waals surface area contributed by atoms with Crippen molar-refractivity contribution in [2.75, 3.05) is 4.90 Å². The van der Waals surface area contributed by atoms with Gasteiger partial charge in [0, 0.05) is 11.6 Å². The first-order valence-electron chi connectivity index (χ1n) is 7.99. The number of para-hydroxylation sites is 1. The number of carbonyl (C=O) groups excluding carboxylic acids is 2. The number of pyridine rings is 1. The summed E-state index contributed by atoms with van der Waals surface area (Å²) in [6, 6.07) is 9.48. The van der Waals surface area contributed by atoms with Crippen LogP contribution in [0.2, 0.25) is 0 Å². The Morgan fingerprint density at radius 2 is 1.59 bits per heavy atom. The van der Waals surface area contributed by atoms with Crippen molar-refractivity contribution in [3.8, 4) is 0 Å². The lowest BCUT2D eigenvalue weighted by Gasteiger charge is -2.17. The average molecular weight is 294 g/mol. The van der Waals surface area contributed by atoms with E-state index >= 15 is 0 Å². The standard InChI is InChI=1S/C18H18N2O2/c21-17-13-8-2-1-3-9-14(13)18(22)20(17)15-10-4-6-12-7-5-11-19-16(12)15/h4-7,10-11,13-14H,1-3,8-9H2/t13-,14+. The first-order chi connectivity index (χ1) is 10.8. The van der Waals surface area contributed by atoms with Gasteiger partial charge in [-0.3, -0.25) is 14.6 Å². The van der Waals surface area contributed by atoms with Gasteiger partial charge in [-0.15, -0.1) is 0 Å². The SMILES string of the molecule is O=C1[C@H]2CCCCC[C@H]2C(=O)N1c1cccc2cccnc12. The number of imide groups is 1. The second-order valence-electron chi connectivity index (χ2n) is 6.22. The van der Waals surface area contributed by atoms with Crippen LogP contribution in [0, 0.1) is 11.8 Å². The van der Waals surface area contributed by atoms with Gasteiger partial charge >= 0.3 is 0 Å². The van der Waals surface area contributed by atoms with Gasteiger partial charge in [-0.2, -0.15) is 0 Å². The molecule has 4 nitrogen and oxygen atoms in total. The van der Waals surface area contributed by atoms with Crippen molar-refractivity contribution in [1.29, 1.82) is 0 Å². The maximum Gasteiger partial charge on any atom is 0.237 e. The Hall–Kier alpha value is -2.23. The third-order valence-electron chi connectivity index (χ3n) is 4.94. The van der Waals surface area contributed by atoms with Gasteiger partial charge in [0.15, 0.2) is 0 Å². The van der Waals surface area contributed by atoms with Crippen LogP contribution in [-0.2, 0) is 9.59 Å². The van der Waals surface area contributed by atoms with E-state index in [4.69, 9.17) is 0 Å². The van der Waals surface area contributed by atoms with Crippen LogP contribution in [0.25, 0.3) is 10.9 Å². The van der Waals surface area contributed by atoms with Gasteiger partial charge in [-0.05, 0) is 25.0 Å². The third-order valence-corrected chi connectivity index (χ3v) is 4.94. The predicted molar refractivity (Wildman–Crippen MR) is 84.3 cm³/mol. The highest BCUT2D eigenvalue weighted by atomic mass is 16.2. The van der Waals surface area contributed by atoms with Crippen molar-refractivity contribution in [1.82, 2.24) is 4.98 Å². The fourth-order valence-electron chi connectivity index (χ4n) is 3.85. The van der Waals surface area contributed by atoms with Gasteiger partial charge in [0.1, 0.15) is 0 Å². The summed E-state index contributed by atoms with van der Waals surface area (Å²) in [6.45, 7) is 0. The lowest BCUT2D eigenvalue weighted by atomic mass is 9.91. The van der Waals surface area contributed by atoms with Gasteiger partial charge < -0.3 is 0 Å². The molecule has 1 aliphatic heterocycles. The Bertz CT molecular complexity index is 726. The van der Waals surface area contributed by atoms with Crippen LogP contribution in [-0.4, -0.2) is 16.8 Å². The number of benzene rings is 1. The predicted octanol–water partition coefficient (Wildman–Crippen LogP) is 3.30. The molecule has 2 aromatic rings. The first kappa shape index (κ1) is 13.4. The third kappa shape index (κ3) is 1.94. The monoisotopic (exact) mass is 294 g/mol. The second kappa shape index (κ2) is 5.20. The molecule has 4 heteroatoms. The molecule has 0 N–H and O–H groups in total. The van der Waals surface area contributed by atoms with E-state index in [1.165, 1.54) is 4.90 Å². The zero-order valence-corrected chi connectivity index (χ0v) is 12.4. The molecule has 1 saturated heterocycles. The number of anilines is 1. The number of aromatic nitrogens is 1. The average Bonchev–Trinajstić information content (AvgIpc) is 2.74. The van der Waals surface area contributed by atoms with Crippen LogP contribution in [0.4, 0.5) is 5.69 Å². The normalized spacial score (nSPS) is 25.4. The zero-order valence-electron chi connectivity index (χ0n) is 12.4. The highest BCUT2D eigenvalue weighted by molar-refractivity contribution is 6.24. The summed E-state index contributed by atoms with van der Waals surface area (Å²) in [5, 5.41) is 0.952. The first-order valence-corrected chi connectivity index (χ1v) is 7.99. The summed E-state index contributed by atoms with van der Waals surface area (Å²) in [5.41, 5.74) is 1.37. The molecule has 4 rings (SSSR count). The van der Waals surface area contributed by atoms with Gasteiger partial charge in [0.25, 0.3) is 0 Å². The maximum absolute atomic E-state index is 12.8. The van der Waals surface area contributed by atoms with E-state index in [9.17, 15) is 9.59 Å². The van der Waals surface area contributed by atoms with Crippen molar-refractivity contribution in [2.45, 2.75) is 32.1 Å². The van der Waals surface area contributed by atoms with Crippen LogP contribution in [0.5, 0.6) is 0 Å². The Labute approximate surface area is 129 Å². The maximum atomic E-state index is 12.8. The molecule has 0 radical (unpaired) electrons. The minimum absolute atomic E-state index is 0.0324. The fraction of sp³-hybridized carbons (Fsp3) is 0.389. The minimum atomic E-state index is -0.131. The van der Waals surface area contributed by atoms with Gasteiger partial charge in [0.05, 0.1) is 23.0 Å². The van der Waals surface area contributed by atoms with E-state index in [0.29, 0.717) is 5.69 Å². The minimum Gasteiger partial charge on any atom is -0.274 e. The summed E-state index contributed by atoms with van der Waals surface area (Å²) < 4.78 is 0. The van der Waals surface area contributed by atoms with Crippen LogP contribution in [0.15, 0.2) is 36.5 Å². The molecule has 1 aliphatic carbocycles. The molecule has 22 heavy (non-hydrogen) atoms. The molecule has 2 aliphatic rings. The number of hydrogen-bond donors (Lipinski definition) is 0. The fourth-order valence-corrected chi connectivity index (χ4v) is 3.85. The molecule has 1 aromatic carbocycles. The summed E-state index contributed by atoms with van der Waals surface area (Å²) in [7, 11) is 0. The Balaban J connectivity index is 1.81. The van der Waals surface area contributed by atoms with Crippen LogP contribution >= 0.6 is 0 Å². The Kier molecular flexibility index (Phi) is 3.17. The second-order valence-corrected chi connectivity index (χ2v) is 6.22. The lowest BCUT2D eigenvalue weighted by Crippen LogP contribution is -2.31. The number of nitrogens with zero attached hydrogens (tertiary/aromatic N) is 2. The van der Waals surface area contributed by atoms with Gasteiger partial charge in [-0.1, -0.05) is 37.5 Å². The van der Waals surface area contributed by atoms with Crippen LogP contribution in [0.3, 0.4) is 0 Å². The van der Waals surface area contributed by atoms with E-state index in [2.05, 4.69) is 4.98 Å². The topological polar surface area (TPSA) is 50.3 Å². The highest BCUT2D eigenvalue weighted by Crippen LogP contribution is 2.40. The molecule has 2 fully saturated rings. The summed E-state index contributed by atoms with van der Waals surface area (Å²) in [6.07, 6.45) is 6.59. The summed E-state index contributed by atoms with van der Waals surface area (Å²) in [5.74, 6) is -0.326. The van der Waals surface area contributed by atoms with Gasteiger partial charge in [-0.25, -0.2) is 4.90 Å².